The fourth-order valence-corrected chi connectivity index (χ4v) is 6.49. The molecule has 1 saturated heterocycles. The van der Waals surface area contributed by atoms with Gasteiger partial charge in [0.15, 0.2) is 0 Å². The number of urea groups is 1. The Kier molecular flexibility index (Phi) is 10.9. The molecular formula is C31H45N5O5. The highest BCUT2D eigenvalue weighted by Gasteiger charge is 2.42. The Morgan fingerprint density at radius 3 is 2.41 bits per heavy atom. The number of piperazine rings is 1. The lowest BCUT2D eigenvalue weighted by molar-refractivity contribution is -0.143. The van der Waals surface area contributed by atoms with Gasteiger partial charge >= 0.3 is 18.0 Å². The van der Waals surface area contributed by atoms with E-state index >= 15 is 0 Å². The highest BCUT2D eigenvalue weighted by molar-refractivity contribution is 6.07. The number of allylic oxidation sites excluding steroid dienone is 1. The maximum absolute atomic E-state index is 12.8. The lowest BCUT2D eigenvalue weighted by atomic mass is 9.75. The Morgan fingerprint density at radius 2 is 1.73 bits per heavy atom. The molecule has 2 atom stereocenters. The van der Waals surface area contributed by atoms with E-state index in [1.54, 1.807) is 32.0 Å². The predicted octanol–water partition coefficient (Wildman–Crippen LogP) is 3.94. The summed E-state index contributed by atoms with van der Waals surface area (Å²) in [5.41, 5.74) is 2.59. The zero-order valence-corrected chi connectivity index (χ0v) is 24.9. The Morgan fingerprint density at radius 1 is 1.00 bits per heavy atom. The predicted molar refractivity (Wildman–Crippen MR) is 159 cm³/mol. The highest BCUT2D eigenvalue weighted by atomic mass is 16.5. The summed E-state index contributed by atoms with van der Waals surface area (Å²) in [6.07, 6.45) is 7.72. The van der Waals surface area contributed by atoms with Gasteiger partial charge in [0.2, 0.25) is 0 Å². The summed E-state index contributed by atoms with van der Waals surface area (Å²) in [4.78, 5) is 47.8. The van der Waals surface area contributed by atoms with Crippen molar-refractivity contribution in [3.05, 3.63) is 41.1 Å². The van der Waals surface area contributed by atoms with Crippen molar-refractivity contribution >= 4 is 29.4 Å². The smallest absolute Gasteiger partial charge is 0.336 e. The first-order chi connectivity index (χ1) is 19.8. The summed E-state index contributed by atoms with van der Waals surface area (Å²) >= 11 is 0. The molecule has 2 aliphatic heterocycles. The Hall–Kier alpha value is -3.24. The molecule has 0 spiro atoms. The number of esters is 2. The topological polar surface area (TPSA) is 113 Å². The summed E-state index contributed by atoms with van der Waals surface area (Å²) in [7, 11) is 2.62. The third-order valence-electron chi connectivity index (χ3n) is 8.63. The van der Waals surface area contributed by atoms with Crippen molar-refractivity contribution in [3.8, 4) is 0 Å². The average molecular weight is 568 g/mol. The van der Waals surface area contributed by atoms with E-state index < -0.39 is 23.8 Å². The van der Waals surface area contributed by atoms with E-state index in [0.29, 0.717) is 34.8 Å². The molecule has 1 aliphatic carbocycles. The third kappa shape index (κ3) is 7.74. The molecule has 2 unspecified atom stereocenters. The minimum atomic E-state index is -0.786. The van der Waals surface area contributed by atoms with Gasteiger partial charge in [0.25, 0.3) is 0 Å². The maximum Gasteiger partial charge on any atom is 0.336 e. The van der Waals surface area contributed by atoms with Crippen molar-refractivity contribution in [2.45, 2.75) is 64.3 Å². The zero-order valence-electron chi connectivity index (χ0n) is 24.9. The molecule has 4 rings (SSSR count). The molecule has 1 aromatic rings. The number of carbonyl (C=O) groups excluding carboxylic acids is 3. The van der Waals surface area contributed by atoms with E-state index in [4.69, 9.17) is 9.47 Å². The van der Waals surface area contributed by atoms with Crippen molar-refractivity contribution in [2.75, 3.05) is 58.8 Å². The van der Waals surface area contributed by atoms with Crippen LogP contribution in [0.25, 0.3) is 0 Å². The number of anilines is 1. The summed E-state index contributed by atoms with van der Waals surface area (Å²) in [6, 6.07) is 7.66. The van der Waals surface area contributed by atoms with Gasteiger partial charge < -0.3 is 25.0 Å². The fourth-order valence-electron chi connectivity index (χ4n) is 6.49. The lowest BCUT2D eigenvalue weighted by Gasteiger charge is -2.40. The monoisotopic (exact) mass is 567 g/mol. The van der Waals surface area contributed by atoms with Crippen LogP contribution in [-0.2, 0) is 19.1 Å². The third-order valence-corrected chi connectivity index (χ3v) is 8.63. The molecular weight excluding hydrogens is 522 g/mol. The second kappa shape index (κ2) is 14.6. The van der Waals surface area contributed by atoms with Crippen molar-refractivity contribution in [2.24, 2.45) is 10.9 Å². The zero-order chi connectivity index (χ0) is 29.4. The first-order valence-corrected chi connectivity index (χ1v) is 14.9. The van der Waals surface area contributed by atoms with Crippen LogP contribution in [0.2, 0.25) is 0 Å². The SMILES string of the molecule is COC(=O)C1=C(C)N=C(C)C(C(=O)OC)C1c1cccc(NC(=O)NCCCN2CCN(C3CCCCC3)CC2)c1. The summed E-state index contributed by atoms with van der Waals surface area (Å²) in [5.74, 6) is -2.48. The van der Waals surface area contributed by atoms with Crippen LogP contribution in [-0.4, -0.2) is 93.0 Å². The van der Waals surface area contributed by atoms with Crippen LogP contribution in [0.4, 0.5) is 10.5 Å². The van der Waals surface area contributed by atoms with Gasteiger partial charge in [-0.2, -0.15) is 0 Å². The summed E-state index contributed by atoms with van der Waals surface area (Å²) in [6.45, 7) is 9.49. The second-order valence-corrected chi connectivity index (χ2v) is 11.3. The van der Waals surface area contributed by atoms with E-state index in [0.717, 1.165) is 45.2 Å². The highest BCUT2D eigenvalue weighted by Crippen LogP contribution is 2.40. The van der Waals surface area contributed by atoms with E-state index in [1.807, 2.05) is 6.07 Å². The van der Waals surface area contributed by atoms with Crippen molar-refractivity contribution in [3.63, 3.8) is 0 Å². The molecule has 2 N–H and O–H groups in total. The van der Waals surface area contributed by atoms with Crippen molar-refractivity contribution in [1.82, 2.24) is 15.1 Å². The van der Waals surface area contributed by atoms with Gasteiger partial charge in [-0.15, -0.1) is 0 Å². The van der Waals surface area contributed by atoms with Crippen LogP contribution >= 0.6 is 0 Å². The molecule has 1 aromatic carbocycles. The number of nitrogens with zero attached hydrogens (tertiary/aromatic N) is 3. The number of hydrogen-bond donors (Lipinski definition) is 2. The molecule has 10 heteroatoms. The molecule has 2 fully saturated rings. The first-order valence-electron chi connectivity index (χ1n) is 14.9. The van der Waals surface area contributed by atoms with E-state index in [2.05, 4.69) is 25.4 Å². The molecule has 10 nitrogen and oxygen atoms in total. The van der Waals surface area contributed by atoms with Crippen molar-refractivity contribution in [1.29, 1.82) is 0 Å². The Labute approximate surface area is 243 Å². The number of hydrogen-bond acceptors (Lipinski definition) is 8. The molecule has 1 saturated carbocycles. The van der Waals surface area contributed by atoms with Crippen molar-refractivity contribution < 1.29 is 23.9 Å². The Bertz CT molecular complexity index is 1150. The van der Waals surface area contributed by atoms with Gasteiger partial charge in [-0.3, -0.25) is 14.7 Å². The molecule has 0 aromatic heterocycles. The number of methoxy groups -OCH3 is 2. The summed E-state index contributed by atoms with van der Waals surface area (Å²) in [5, 5.41) is 5.84. The standard InChI is InChI=1S/C31H45N5O5/c1-21-26(29(37)40-3)28(27(22(2)33-21)30(38)41-4)23-10-8-11-24(20-23)34-31(39)32-14-9-15-35-16-18-36(19-17-35)25-12-6-5-7-13-25/h8,10-11,20,25-26,28H,5-7,9,12-19H2,1-4H3,(H2,32,34,39). The van der Waals surface area contributed by atoms with Gasteiger partial charge in [-0.25, -0.2) is 9.59 Å². The second-order valence-electron chi connectivity index (χ2n) is 11.3. The van der Waals surface area contributed by atoms with Gasteiger partial charge in [0.05, 0.1) is 19.8 Å². The van der Waals surface area contributed by atoms with Crippen LogP contribution in [0.15, 0.2) is 40.5 Å². The number of rotatable bonds is 9. The maximum atomic E-state index is 12.8. The Balaban J connectivity index is 1.30. The van der Waals surface area contributed by atoms with E-state index in [1.165, 1.54) is 46.3 Å². The summed E-state index contributed by atoms with van der Waals surface area (Å²) < 4.78 is 10.1. The number of ether oxygens (including phenoxy) is 2. The molecule has 2 heterocycles. The first kappa shape index (κ1) is 30.7. The lowest BCUT2D eigenvalue weighted by Crippen LogP contribution is -2.51. The van der Waals surface area contributed by atoms with E-state index in [9.17, 15) is 14.4 Å². The fraction of sp³-hybridized carbons (Fsp3) is 0.613. The normalized spacial score (nSPS) is 22.6. The minimum absolute atomic E-state index is 0.296. The van der Waals surface area contributed by atoms with Gasteiger partial charge in [0.1, 0.15) is 5.92 Å². The largest absolute Gasteiger partial charge is 0.468 e. The van der Waals surface area contributed by atoms with Gasteiger partial charge in [-0.1, -0.05) is 31.4 Å². The van der Waals surface area contributed by atoms with Gasteiger partial charge in [0, 0.05) is 61.8 Å². The van der Waals surface area contributed by atoms with Crippen LogP contribution in [0, 0.1) is 5.92 Å². The van der Waals surface area contributed by atoms with Crippen LogP contribution < -0.4 is 10.6 Å². The molecule has 41 heavy (non-hydrogen) atoms. The molecule has 0 radical (unpaired) electrons. The number of nitrogens with one attached hydrogen (secondary N) is 2. The number of carbonyl (C=O) groups is 3. The average Bonchev–Trinajstić information content (AvgIpc) is 2.99. The van der Waals surface area contributed by atoms with Gasteiger partial charge in [-0.05, 0) is 57.4 Å². The molecule has 3 aliphatic rings. The molecule has 2 amide bonds. The molecule has 224 valence electrons. The van der Waals surface area contributed by atoms with E-state index in [-0.39, 0.29) is 6.03 Å². The van der Waals surface area contributed by atoms with Crippen LogP contribution in [0.5, 0.6) is 0 Å². The number of amides is 2. The quantitative estimate of drug-likeness (QED) is 0.343. The number of aliphatic imine (C=N–C) groups is 1. The molecule has 0 bridgehead atoms. The number of benzene rings is 1. The minimum Gasteiger partial charge on any atom is -0.468 e. The van der Waals surface area contributed by atoms with Crippen LogP contribution in [0.3, 0.4) is 0 Å². The van der Waals surface area contributed by atoms with Crippen LogP contribution in [0.1, 0.15) is 63.9 Å².